The van der Waals surface area contributed by atoms with Crippen molar-refractivity contribution in [3.05, 3.63) is 104 Å². The number of furan rings is 1. The monoisotopic (exact) mass is 343 g/mol. The van der Waals surface area contributed by atoms with Crippen molar-refractivity contribution >= 4 is 34.3 Å². The molecule has 0 atom stereocenters. The van der Waals surface area contributed by atoms with Crippen LogP contribution in [0.15, 0.2) is 108 Å². The van der Waals surface area contributed by atoms with Crippen LogP contribution >= 0.6 is 7.26 Å². The summed E-state index contributed by atoms with van der Waals surface area (Å²) >= 11 is 0. The van der Waals surface area contributed by atoms with Crippen LogP contribution in [0.1, 0.15) is 0 Å². The second-order valence-corrected chi connectivity index (χ2v) is 9.53. The van der Waals surface area contributed by atoms with Crippen molar-refractivity contribution in [1.29, 1.82) is 0 Å². The molecule has 0 amide bonds. The topological polar surface area (TPSA) is 13.1 Å². The molecular weight excluding hydrogens is 323 g/mol. The van der Waals surface area contributed by atoms with Gasteiger partial charge in [0.05, 0.1) is 6.16 Å². The predicted molar refractivity (Wildman–Crippen MR) is 110 cm³/mol. The number of fused-ring (bicyclic) bond motifs is 1. The fourth-order valence-electron chi connectivity index (χ4n) is 3.42. The van der Waals surface area contributed by atoms with Crippen LogP contribution in [0.25, 0.3) is 11.0 Å². The number of benzene rings is 3. The Morgan fingerprint density at radius 1 is 0.760 bits per heavy atom. The summed E-state index contributed by atoms with van der Waals surface area (Å²) < 4.78 is 6.40. The van der Waals surface area contributed by atoms with Gasteiger partial charge < -0.3 is 4.42 Å². The van der Waals surface area contributed by atoms with Gasteiger partial charge >= 0.3 is 0 Å². The normalized spacial score (nSPS) is 11.5. The molecule has 0 aliphatic rings. The number of rotatable bonds is 5. The molecule has 0 spiro atoms. The van der Waals surface area contributed by atoms with E-state index in [1.807, 2.05) is 18.2 Å². The first kappa shape index (κ1) is 15.9. The fraction of sp³-hybridized carbons (Fsp3) is 0.0435. The summed E-state index contributed by atoms with van der Waals surface area (Å²) in [5.74, 6) is 0. The number of allylic oxidation sites excluding steroid dienone is 1. The Balaban J connectivity index is 2.05. The first-order valence-corrected chi connectivity index (χ1v) is 10.4. The van der Waals surface area contributed by atoms with Crippen molar-refractivity contribution in [1.82, 2.24) is 0 Å². The van der Waals surface area contributed by atoms with E-state index >= 15 is 0 Å². The lowest BCUT2D eigenvalue weighted by Gasteiger charge is -2.23. The van der Waals surface area contributed by atoms with Gasteiger partial charge in [0, 0.05) is 11.5 Å². The summed E-state index contributed by atoms with van der Waals surface area (Å²) in [6, 6.07) is 31.9. The van der Waals surface area contributed by atoms with Crippen molar-refractivity contribution in [2.24, 2.45) is 0 Å². The minimum atomic E-state index is -1.91. The van der Waals surface area contributed by atoms with E-state index in [1.165, 1.54) is 10.6 Å². The number of hydrogen-bond donors (Lipinski definition) is 0. The van der Waals surface area contributed by atoms with Gasteiger partial charge in [-0.15, -0.1) is 0 Å². The van der Waals surface area contributed by atoms with Gasteiger partial charge in [0.2, 0.25) is 0 Å². The summed E-state index contributed by atoms with van der Waals surface area (Å²) in [5, 5.41) is 3.79. The fourth-order valence-corrected chi connectivity index (χ4v) is 7.19. The maximum atomic E-state index is 6.40. The van der Waals surface area contributed by atoms with E-state index in [0.29, 0.717) is 0 Å². The summed E-state index contributed by atoms with van der Waals surface area (Å²) in [7, 11) is -1.91. The van der Waals surface area contributed by atoms with Gasteiger partial charge in [0.1, 0.15) is 16.2 Å². The molecule has 2 heteroatoms. The summed E-state index contributed by atoms with van der Waals surface area (Å²) in [5.41, 5.74) is 2.00. The summed E-state index contributed by atoms with van der Waals surface area (Å²) in [4.78, 5) is 0. The van der Waals surface area contributed by atoms with E-state index < -0.39 is 7.26 Å². The molecule has 0 radical (unpaired) electrons. The van der Waals surface area contributed by atoms with Gasteiger partial charge in [-0.1, -0.05) is 67.3 Å². The van der Waals surface area contributed by atoms with Crippen LogP contribution < -0.4 is 16.1 Å². The van der Waals surface area contributed by atoms with E-state index in [0.717, 1.165) is 22.6 Å². The van der Waals surface area contributed by atoms with Crippen LogP contribution in [-0.4, -0.2) is 6.16 Å². The predicted octanol–water partition coefficient (Wildman–Crippen LogP) is 4.91. The summed E-state index contributed by atoms with van der Waals surface area (Å²) in [6.07, 6.45) is 2.90. The Morgan fingerprint density at radius 3 is 1.88 bits per heavy atom. The first-order chi connectivity index (χ1) is 12.3. The third-order valence-electron chi connectivity index (χ3n) is 4.59. The molecule has 0 aliphatic heterocycles. The number of hydrogen-bond acceptors (Lipinski definition) is 1. The molecule has 1 nitrogen and oxygen atoms in total. The molecule has 0 N–H and O–H groups in total. The third kappa shape index (κ3) is 2.71. The quantitative estimate of drug-likeness (QED) is 0.371. The molecule has 1 aromatic heterocycles. The molecular formula is C23H20OP+. The Hall–Kier alpha value is -2.63. The number of para-hydroxylation sites is 1. The zero-order chi connectivity index (χ0) is 17.1. The average Bonchev–Trinajstić information content (AvgIpc) is 3.12. The Kier molecular flexibility index (Phi) is 4.26. The highest BCUT2D eigenvalue weighted by Crippen LogP contribution is 2.56. The standard InChI is InChI=1S/C23H20OP/c1-2-17-25(20-12-5-3-6-13-20,21-14-7-4-8-15-21)23-18-19-11-9-10-16-22(19)24-23/h2-16,18H,1,17H2/q+1. The smallest absolute Gasteiger partial charge is 0.257 e. The van der Waals surface area contributed by atoms with Crippen LogP contribution in [0.4, 0.5) is 0 Å². The van der Waals surface area contributed by atoms with E-state index in [1.54, 1.807) is 0 Å². The highest BCUT2D eigenvalue weighted by atomic mass is 31.2. The molecule has 0 fully saturated rings. The van der Waals surface area contributed by atoms with Crippen molar-refractivity contribution in [2.75, 3.05) is 6.16 Å². The Labute approximate surface area is 149 Å². The van der Waals surface area contributed by atoms with Crippen molar-refractivity contribution < 1.29 is 4.42 Å². The average molecular weight is 343 g/mol. The lowest BCUT2D eigenvalue weighted by Crippen LogP contribution is -2.32. The maximum absolute atomic E-state index is 6.40. The van der Waals surface area contributed by atoms with E-state index in [-0.39, 0.29) is 0 Å². The van der Waals surface area contributed by atoms with E-state index in [4.69, 9.17) is 4.42 Å². The molecule has 4 aromatic rings. The zero-order valence-electron chi connectivity index (χ0n) is 14.0. The van der Waals surface area contributed by atoms with Gasteiger partial charge in [-0.2, -0.15) is 0 Å². The molecule has 0 saturated heterocycles. The lowest BCUT2D eigenvalue weighted by atomic mass is 10.3. The molecule has 0 aliphatic carbocycles. The molecule has 1 heterocycles. The van der Waals surface area contributed by atoms with Crippen molar-refractivity contribution in [3.63, 3.8) is 0 Å². The zero-order valence-corrected chi connectivity index (χ0v) is 14.9. The van der Waals surface area contributed by atoms with Gasteiger partial charge in [-0.3, -0.25) is 0 Å². The second kappa shape index (κ2) is 6.70. The molecule has 0 saturated carbocycles. The van der Waals surface area contributed by atoms with Crippen LogP contribution in [-0.2, 0) is 0 Å². The highest BCUT2D eigenvalue weighted by Gasteiger charge is 2.47. The van der Waals surface area contributed by atoms with Crippen LogP contribution in [0.3, 0.4) is 0 Å². The molecule has 122 valence electrons. The molecule has 3 aromatic carbocycles. The molecule has 0 unspecified atom stereocenters. The first-order valence-electron chi connectivity index (χ1n) is 8.44. The van der Waals surface area contributed by atoms with Gasteiger partial charge in [0.15, 0.2) is 7.26 Å². The van der Waals surface area contributed by atoms with Crippen molar-refractivity contribution in [3.8, 4) is 0 Å². The molecule has 25 heavy (non-hydrogen) atoms. The largest absolute Gasteiger partial charge is 0.426 e. The lowest BCUT2D eigenvalue weighted by molar-refractivity contribution is 0.653. The minimum Gasteiger partial charge on any atom is -0.426 e. The SMILES string of the molecule is C=CC[P+](c1ccccc1)(c1ccccc1)c1cc2ccccc2o1. The third-order valence-corrected chi connectivity index (χ3v) is 8.72. The highest BCUT2D eigenvalue weighted by molar-refractivity contribution is 7.95. The minimum absolute atomic E-state index is 0.876. The molecule has 0 bridgehead atoms. The Morgan fingerprint density at radius 2 is 1.32 bits per heavy atom. The van der Waals surface area contributed by atoms with Crippen LogP contribution in [0.5, 0.6) is 0 Å². The second-order valence-electron chi connectivity index (χ2n) is 6.07. The van der Waals surface area contributed by atoms with Gasteiger partial charge in [-0.05, 0) is 30.3 Å². The van der Waals surface area contributed by atoms with Crippen LogP contribution in [0, 0.1) is 0 Å². The maximum Gasteiger partial charge on any atom is 0.257 e. The van der Waals surface area contributed by atoms with E-state index in [9.17, 15) is 0 Å². The summed E-state index contributed by atoms with van der Waals surface area (Å²) in [6.45, 7) is 4.06. The van der Waals surface area contributed by atoms with E-state index in [2.05, 4.69) is 85.4 Å². The Bertz CT molecular complexity index is 914. The van der Waals surface area contributed by atoms with Gasteiger partial charge in [0.25, 0.3) is 5.50 Å². The van der Waals surface area contributed by atoms with Crippen molar-refractivity contribution in [2.45, 2.75) is 0 Å². The van der Waals surface area contributed by atoms with Gasteiger partial charge in [-0.25, -0.2) is 0 Å². The van der Waals surface area contributed by atoms with Crippen LogP contribution in [0.2, 0.25) is 0 Å². The molecule has 4 rings (SSSR count).